The average Bonchev–Trinajstić information content (AvgIpc) is 3.19. The minimum atomic E-state index is -0.341. The molecular weight excluding hydrogens is 388 g/mol. The maximum atomic E-state index is 13.8. The van der Waals surface area contributed by atoms with E-state index in [1.807, 2.05) is 74.6 Å². The number of para-hydroxylation sites is 1. The molecule has 2 heterocycles. The summed E-state index contributed by atoms with van der Waals surface area (Å²) in [5, 5.41) is 3.91. The van der Waals surface area contributed by atoms with Crippen molar-refractivity contribution in [3.05, 3.63) is 71.9 Å². The molecule has 1 aliphatic rings. The second-order valence-electron chi connectivity index (χ2n) is 8.46. The Kier molecular flexibility index (Phi) is 6.49. The lowest BCUT2D eigenvalue weighted by atomic mass is 9.95. The van der Waals surface area contributed by atoms with Crippen molar-refractivity contribution < 1.29 is 9.59 Å². The number of hydrogen-bond donors (Lipinski definition) is 2. The standard InChI is InChI=1S/C25H30N4O2/c1-18(2)27-23(30)17-28-12-14-29(15-13-28)24(19-8-4-3-5-9-19)25(31)21-16-26-22-11-7-6-10-20(21)22/h3-11,16,18,24,26H,12-15,17H2,1-2H3,(H,27,30). The van der Waals surface area contributed by atoms with E-state index in [2.05, 4.69) is 20.1 Å². The number of hydrogen-bond acceptors (Lipinski definition) is 4. The van der Waals surface area contributed by atoms with E-state index in [-0.39, 0.29) is 23.8 Å². The van der Waals surface area contributed by atoms with Gasteiger partial charge in [0, 0.05) is 54.9 Å². The van der Waals surface area contributed by atoms with Crippen molar-refractivity contribution in [3.63, 3.8) is 0 Å². The number of amides is 1. The monoisotopic (exact) mass is 418 g/mol. The molecule has 3 aromatic rings. The molecule has 1 aromatic heterocycles. The maximum Gasteiger partial charge on any atom is 0.234 e. The lowest BCUT2D eigenvalue weighted by Crippen LogP contribution is -2.51. The number of carbonyl (C=O) groups is 2. The SMILES string of the molecule is CC(C)NC(=O)CN1CCN(C(C(=O)c2c[nH]c3ccccc23)c2ccccc2)CC1. The van der Waals surface area contributed by atoms with Crippen LogP contribution in [0.3, 0.4) is 0 Å². The Morgan fingerprint density at radius 2 is 1.65 bits per heavy atom. The molecule has 1 amide bonds. The molecule has 1 atom stereocenters. The summed E-state index contributed by atoms with van der Waals surface area (Å²) in [5.74, 6) is 0.160. The van der Waals surface area contributed by atoms with Crippen molar-refractivity contribution in [2.75, 3.05) is 32.7 Å². The average molecular weight is 419 g/mol. The Hall–Kier alpha value is -2.96. The van der Waals surface area contributed by atoms with E-state index in [1.165, 1.54) is 0 Å². The zero-order valence-electron chi connectivity index (χ0n) is 18.2. The second-order valence-corrected chi connectivity index (χ2v) is 8.46. The van der Waals surface area contributed by atoms with Gasteiger partial charge in [0.2, 0.25) is 5.91 Å². The smallest absolute Gasteiger partial charge is 0.234 e. The van der Waals surface area contributed by atoms with Crippen molar-refractivity contribution in [2.45, 2.75) is 25.9 Å². The van der Waals surface area contributed by atoms with Gasteiger partial charge in [0.1, 0.15) is 0 Å². The van der Waals surface area contributed by atoms with E-state index in [1.54, 1.807) is 0 Å². The van der Waals surface area contributed by atoms with Crippen molar-refractivity contribution in [3.8, 4) is 0 Å². The molecule has 0 aliphatic carbocycles. The highest BCUT2D eigenvalue weighted by molar-refractivity contribution is 6.10. The molecule has 162 valence electrons. The first-order valence-corrected chi connectivity index (χ1v) is 10.9. The fourth-order valence-corrected chi connectivity index (χ4v) is 4.34. The highest BCUT2D eigenvalue weighted by Gasteiger charge is 2.32. The molecule has 2 N–H and O–H groups in total. The number of H-pyrrole nitrogens is 1. The fourth-order valence-electron chi connectivity index (χ4n) is 4.34. The van der Waals surface area contributed by atoms with Crippen LogP contribution >= 0.6 is 0 Å². The van der Waals surface area contributed by atoms with Gasteiger partial charge >= 0.3 is 0 Å². The topological polar surface area (TPSA) is 68.4 Å². The Bertz CT molecular complexity index is 1040. The zero-order chi connectivity index (χ0) is 21.8. The van der Waals surface area contributed by atoms with Crippen LogP contribution in [0.5, 0.6) is 0 Å². The van der Waals surface area contributed by atoms with Crippen LogP contribution in [-0.4, -0.2) is 65.2 Å². The highest BCUT2D eigenvalue weighted by atomic mass is 16.2. The summed E-state index contributed by atoms with van der Waals surface area (Å²) in [7, 11) is 0. The van der Waals surface area contributed by atoms with Gasteiger partial charge < -0.3 is 10.3 Å². The minimum Gasteiger partial charge on any atom is -0.360 e. The molecule has 1 unspecified atom stereocenters. The Labute approximate surface area is 183 Å². The third-order valence-corrected chi connectivity index (χ3v) is 5.81. The molecule has 1 saturated heterocycles. The summed E-state index contributed by atoms with van der Waals surface area (Å²) >= 11 is 0. The van der Waals surface area contributed by atoms with Crippen LogP contribution in [0.2, 0.25) is 0 Å². The van der Waals surface area contributed by atoms with E-state index < -0.39 is 0 Å². The molecule has 31 heavy (non-hydrogen) atoms. The molecule has 1 fully saturated rings. The quantitative estimate of drug-likeness (QED) is 0.578. The molecule has 6 nitrogen and oxygen atoms in total. The number of nitrogens with one attached hydrogen (secondary N) is 2. The summed E-state index contributed by atoms with van der Waals surface area (Å²) in [5.41, 5.74) is 2.70. The van der Waals surface area contributed by atoms with Crippen molar-refractivity contribution in [2.24, 2.45) is 0 Å². The lowest BCUT2D eigenvalue weighted by Gasteiger charge is -2.38. The molecule has 6 heteroatoms. The predicted octanol–water partition coefficient (Wildman–Crippen LogP) is 3.23. The number of Topliss-reactive ketones (excluding diaryl/α,β-unsaturated/α-hetero) is 1. The summed E-state index contributed by atoms with van der Waals surface area (Å²) < 4.78 is 0. The van der Waals surface area contributed by atoms with Crippen LogP contribution in [0, 0.1) is 0 Å². The third-order valence-electron chi connectivity index (χ3n) is 5.81. The highest BCUT2D eigenvalue weighted by Crippen LogP contribution is 2.29. The second kappa shape index (κ2) is 9.45. The molecule has 4 rings (SSSR count). The molecule has 2 aromatic carbocycles. The van der Waals surface area contributed by atoms with Gasteiger partial charge in [-0.1, -0.05) is 48.5 Å². The number of nitrogens with zero attached hydrogens (tertiary/aromatic N) is 2. The summed E-state index contributed by atoms with van der Waals surface area (Å²) in [6.45, 7) is 7.34. The van der Waals surface area contributed by atoms with Gasteiger partial charge in [0.15, 0.2) is 5.78 Å². The number of rotatable bonds is 7. The predicted molar refractivity (Wildman–Crippen MR) is 123 cm³/mol. The number of aromatic nitrogens is 1. The lowest BCUT2D eigenvalue weighted by molar-refractivity contribution is -0.123. The number of aromatic amines is 1. The Morgan fingerprint density at radius 1 is 0.968 bits per heavy atom. The summed E-state index contributed by atoms with van der Waals surface area (Å²) in [4.78, 5) is 33.5. The van der Waals surface area contributed by atoms with Gasteiger partial charge in [-0.3, -0.25) is 19.4 Å². The van der Waals surface area contributed by atoms with Crippen LogP contribution in [0.4, 0.5) is 0 Å². The molecule has 0 spiro atoms. The number of fused-ring (bicyclic) bond motifs is 1. The van der Waals surface area contributed by atoms with E-state index in [9.17, 15) is 9.59 Å². The summed E-state index contributed by atoms with van der Waals surface area (Å²) in [6.07, 6.45) is 1.83. The van der Waals surface area contributed by atoms with Crippen molar-refractivity contribution in [1.82, 2.24) is 20.1 Å². The number of benzene rings is 2. The van der Waals surface area contributed by atoms with Gasteiger partial charge in [-0.15, -0.1) is 0 Å². The number of piperazine rings is 1. The third kappa shape index (κ3) is 4.86. The Morgan fingerprint density at radius 3 is 2.35 bits per heavy atom. The molecular formula is C25H30N4O2. The normalized spacial score (nSPS) is 16.5. The molecule has 0 bridgehead atoms. The summed E-state index contributed by atoms with van der Waals surface area (Å²) in [6, 6.07) is 17.7. The van der Waals surface area contributed by atoms with E-state index >= 15 is 0 Å². The van der Waals surface area contributed by atoms with E-state index in [4.69, 9.17) is 0 Å². The maximum absolute atomic E-state index is 13.8. The van der Waals surface area contributed by atoms with E-state index in [0.717, 1.165) is 48.2 Å². The van der Waals surface area contributed by atoms with Crippen LogP contribution in [0.15, 0.2) is 60.8 Å². The fraction of sp³-hybridized carbons (Fsp3) is 0.360. The first-order valence-electron chi connectivity index (χ1n) is 10.9. The van der Waals surface area contributed by atoms with Crippen LogP contribution in [0.1, 0.15) is 35.8 Å². The van der Waals surface area contributed by atoms with Crippen LogP contribution in [0.25, 0.3) is 10.9 Å². The van der Waals surface area contributed by atoms with Gasteiger partial charge in [0.25, 0.3) is 0 Å². The van der Waals surface area contributed by atoms with Crippen LogP contribution in [-0.2, 0) is 4.79 Å². The van der Waals surface area contributed by atoms with Gasteiger partial charge in [-0.2, -0.15) is 0 Å². The largest absolute Gasteiger partial charge is 0.360 e. The zero-order valence-corrected chi connectivity index (χ0v) is 18.2. The molecule has 1 aliphatic heterocycles. The first-order chi connectivity index (χ1) is 15.0. The van der Waals surface area contributed by atoms with Gasteiger partial charge in [0.05, 0.1) is 12.6 Å². The minimum absolute atomic E-state index is 0.0536. The number of ketones is 1. The number of carbonyl (C=O) groups excluding carboxylic acids is 2. The van der Waals surface area contributed by atoms with Crippen LogP contribution < -0.4 is 5.32 Å². The van der Waals surface area contributed by atoms with E-state index in [0.29, 0.717) is 6.54 Å². The first kappa shape index (κ1) is 21.3. The molecule has 0 radical (unpaired) electrons. The van der Waals surface area contributed by atoms with Gasteiger partial charge in [-0.05, 0) is 25.5 Å². The van der Waals surface area contributed by atoms with Crippen molar-refractivity contribution >= 4 is 22.6 Å². The molecule has 0 saturated carbocycles. The van der Waals surface area contributed by atoms with Gasteiger partial charge in [-0.25, -0.2) is 0 Å². The van der Waals surface area contributed by atoms with Crippen molar-refractivity contribution in [1.29, 1.82) is 0 Å². The Balaban J connectivity index is 1.53.